The molecule has 0 unspecified atom stereocenters. The summed E-state index contributed by atoms with van der Waals surface area (Å²) in [5.74, 6) is 2.18. The van der Waals surface area contributed by atoms with Crippen LogP contribution in [0, 0.1) is 18.3 Å². The van der Waals surface area contributed by atoms with E-state index >= 15 is 0 Å². The second-order valence-corrected chi connectivity index (χ2v) is 6.52. The number of nitriles is 1. The van der Waals surface area contributed by atoms with E-state index in [1.54, 1.807) is 23.5 Å². The molecule has 15 heavy (non-hydrogen) atoms. The Labute approximate surface area is 99.3 Å². The Hall–Kier alpha value is -0.590. The zero-order valence-corrected chi connectivity index (χ0v) is 10.3. The molecule has 0 radical (unpaired) electrons. The Morgan fingerprint density at radius 2 is 1.80 bits per heavy atom. The fraction of sp³-hybridized carbons (Fsp3) is 0.417. The van der Waals surface area contributed by atoms with Gasteiger partial charge in [0, 0.05) is 0 Å². The summed E-state index contributed by atoms with van der Waals surface area (Å²) in [7, 11) is 0. The van der Waals surface area contributed by atoms with Crippen LogP contribution >= 0.6 is 23.5 Å². The van der Waals surface area contributed by atoms with Crippen molar-refractivity contribution in [3.8, 4) is 6.07 Å². The van der Waals surface area contributed by atoms with Gasteiger partial charge in [0.1, 0.15) is 0 Å². The molecule has 1 aliphatic heterocycles. The summed E-state index contributed by atoms with van der Waals surface area (Å²) in [6, 6.07) is 10.8. The largest absolute Gasteiger partial charge is 0.195 e. The van der Waals surface area contributed by atoms with Gasteiger partial charge >= 0.3 is 0 Å². The van der Waals surface area contributed by atoms with Crippen molar-refractivity contribution in [1.82, 2.24) is 0 Å². The van der Waals surface area contributed by atoms with Gasteiger partial charge in [-0.05, 0) is 30.4 Å². The number of rotatable bonds is 1. The Balaban J connectivity index is 2.33. The molecule has 78 valence electrons. The van der Waals surface area contributed by atoms with Crippen LogP contribution in [0.2, 0.25) is 0 Å². The first kappa shape index (κ1) is 10.9. The topological polar surface area (TPSA) is 23.8 Å². The summed E-state index contributed by atoms with van der Waals surface area (Å²) in [5.41, 5.74) is 2.39. The van der Waals surface area contributed by atoms with Gasteiger partial charge in [0.15, 0.2) is 4.08 Å². The van der Waals surface area contributed by atoms with Crippen molar-refractivity contribution in [3.05, 3.63) is 35.4 Å². The monoisotopic (exact) mass is 235 g/mol. The maximum Gasteiger partial charge on any atom is 0.173 e. The molecule has 1 nitrogen and oxygen atoms in total. The van der Waals surface area contributed by atoms with Gasteiger partial charge in [-0.3, -0.25) is 0 Å². The first-order chi connectivity index (χ1) is 7.27. The molecular formula is C12H13NS2. The Kier molecular flexibility index (Phi) is 3.28. The average molecular weight is 235 g/mol. The minimum absolute atomic E-state index is 0.355. The highest BCUT2D eigenvalue weighted by Gasteiger charge is 2.35. The molecule has 0 bridgehead atoms. The number of benzene rings is 1. The van der Waals surface area contributed by atoms with Gasteiger partial charge in [0.05, 0.1) is 6.07 Å². The van der Waals surface area contributed by atoms with Crippen molar-refractivity contribution >= 4 is 23.5 Å². The molecule has 0 N–H and O–H groups in total. The van der Waals surface area contributed by atoms with Gasteiger partial charge in [0.25, 0.3) is 0 Å². The lowest BCUT2D eigenvalue weighted by molar-refractivity contribution is 1.04. The lowest BCUT2D eigenvalue weighted by atomic mass is 10.1. The molecule has 1 aliphatic rings. The quantitative estimate of drug-likeness (QED) is 0.744. The van der Waals surface area contributed by atoms with E-state index in [4.69, 9.17) is 0 Å². The Morgan fingerprint density at radius 3 is 2.33 bits per heavy atom. The van der Waals surface area contributed by atoms with E-state index in [0.717, 1.165) is 17.1 Å². The molecule has 0 amide bonds. The van der Waals surface area contributed by atoms with E-state index in [1.165, 1.54) is 12.0 Å². The molecule has 2 rings (SSSR count). The number of nitrogens with zero attached hydrogens (tertiary/aromatic N) is 1. The molecule has 1 saturated heterocycles. The third kappa shape index (κ3) is 2.16. The molecule has 1 fully saturated rings. The highest BCUT2D eigenvalue weighted by Crippen LogP contribution is 2.49. The predicted molar refractivity (Wildman–Crippen MR) is 68.0 cm³/mol. The van der Waals surface area contributed by atoms with Crippen LogP contribution in [-0.4, -0.2) is 11.5 Å². The van der Waals surface area contributed by atoms with Gasteiger partial charge in [-0.25, -0.2) is 0 Å². The summed E-state index contributed by atoms with van der Waals surface area (Å²) < 4.78 is -0.355. The van der Waals surface area contributed by atoms with Gasteiger partial charge < -0.3 is 0 Å². The molecule has 3 heteroatoms. The molecule has 1 heterocycles. The number of hydrogen-bond donors (Lipinski definition) is 0. The second-order valence-electron chi connectivity index (χ2n) is 3.64. The standard InChI is InChI=1S/C12H13NS2/c1-10-3-5-11(6-4-10)12(9-13)14-7-2-8-15-12/h3-6H,2,7-8H2,1H3. The van der Waals surface area contributed by atoms with Crippen molar-refractivity contribution < 1.29 is 0 Å². The van der Waals surface area contributed by atoms with E-state index in [-0.39, 0.29) is 4.08 Å². The fourth-order valence-corrected chi connectivity index (χ4v) is 4.50. The molecule has 1 aromatic carbocycles. The lowest BCUT2D eigenvalue weighted by Gasteiger charge is -2.29. The minimum atomic E-state index is -0.355. The highest BCUT2D eigenvalue weighted by molar-refractivity contribution is 8.18. The van der Waals surface area contributed by atoms with Gasteiger partial charge in [0.2, 0.25) is 0 Å². The molecule has 0 aromatic heterocycles. The summed E-state index contributed by atoms with van der Waals surface area (Å²) >= 11 is 3.54. The first-order valence-corrected chi connectivity index (χ1v) is 7.00. The van der Waals surface area contributed by atoms with Crippen LogP contribution in [0.1, 0.15) is 17.5 Å². The number of hydrogen-bond acceptors (Lipinski definition) is 3. The fourth-order valence-electron chi connectivity index (χ4n) is 1.60. The van der Waals surface area contributed by atoms with E-state index in [2.05, 4.69) is 37.3 Å². The zero-order chi connectivity index (χ0) is 10.7. The minimum Gasteiger partial charge on any atom is -0.195 e. The maximum absolute atomic E-state index is 9.37. The summed E-state index contributed by atoms with van der Waals surface area (Å²) in [4.78, 5) is 0. The van der Waals surface area contributed by atoms with Crippen molar-refractivity contribution in [2.75, 3.05) is 11.5 Å². The second kappa shape index (κ2) is 4.51. The van der Waals surface area contributed by atoms with Crippen molar-refractivity contribution in [1.29, 1.82) is 5.26 Å². The Morgan fingerprint density at radius 1 is 1.20 bits per heavy atom. The first-order valence-electron chi connectivity index (χ1n) is 5.03. The van der Waals surface area contributed by atoms with Gasteiger partial charge in [-0.1, -0.05) is 29.8 Å². The summed E-state index contributed by atoms with van der Waals surface area (Å²) in [6.45, 7) is 2.07. The predicted octanol–water partition coefficient (Wildman–Crippen LogP) is 3.54. The van der Waals surface area contributed by atoms with Crippen LogP contribution in [0.4, 0.5) is 0 Å². The summed E-state index contributed by atoms with van der Waals surface area (Å²) in [5, 5.41) is 9.37. The average Bonchev–Trinajstić information content (AvgIpc) is 2.31. The number of thioether (sulfide) groups is 2. The summed E-state index contributed by atoms with van der Waals surface area (Å²) in [6.07, 6.45) is 1.21. The molecule has 0 spiro atoms. The van der Waals surface area contributed by atoms with Crippen LogP contribution in [0.3, 0.4) is 0 Å². The van der Waals surface area contributed by atoms with Crippen molar-refractivity contribution in [2.45, 2.75) is 17.4 Å². The normalized spacial score (nSPS) is 19.5. The van der Waals surface area contributed by atoms with Crippen LogP contribution in [0.15, 0.2) is 24.3 Å². The van der Waals surface area contributed by atoms with Crippen LogP contribution in [0.5, 0.6) is 0 Å². The van der Waals surface area contributed by atoms with Gasteiger partial charge in [-0.2, -0.15) is 5.26 Å². The molecular weight excluding hydrogens is 222 g/mol. The van der Waals surface area contributed by atoms with Crippen LogP contribution < -0.4 is 0 Å². The number of aryl methyl sites for hydroxylation is 1. The molecule has 0 aliphatic carbocycles. The van der Waals surface area contributed by atoms with E-state index in [0.29, 0.717) is 0 Å². The van der Waals surface area contributed by atoms with Crippen LogP contribution in [-0.2, 0) is 4.08 Å². The van der Waals surface area contributed by atoms with E-state index < -0.39 is 0 Å². The highest BCUT2D eigenvalue weighted by atomic mass is 32.2. The third-order valence-electron chi connectivity index (χ3n) is 2.48. The SMILES string of the molecule is Cc1ccc(C2(C#N)SCCCS2)cc1. The van der Waals surface area contributed by atoms with Crippen molar-refractivity contribution in [2.24, 2.45) is 0 Å². The lowest BCUT2D eigenvalue weighted by Crippen LogP contribution is -2.20. The van der Waals surface area contributed by atoms with Gasteiger partial charge in [-0.15, -0.1) is 23.5 Å². The maximum atomic E-state index is 9.37. The molecule has 1 aromatic rings. The smallest absolute Gasteiger partial charge is 0.173 e. The Bertz CT molecular complexity index is 372. The molecule has 0 saturated carbocycles. The zero-order valence-electron chi connectivity index (χ0n) is 8.69. The van der Waals surface area contributed by atoms with Crippen molar-refractivity contribution in [3.63, 3.8) is 0 Å². The third-order valence-corrected chi connectivity index (χ3v) is 5.64. The van der Waals surface area contributed by atoms with E-state index in [1.807, 2.05) is 0 Å². The van der Waals surface area contributed by atoms with E-state index in [9.17, 15) is 5.26 Å². The molecule has 0 atom stereocenters. The van der Waals surface area contributed by atoms with Crippen LogP contribution in [0.25, 0.3) is 0 Å².